The largest absolute Gasteiger partial charge is 0.480 e. The van der Waals surface area contributed by atoms with Gasteiger partial charge in [-0.25, -0.2) is 16.8 Å². The van der Waals surface area contributed by atoms with Crippen LogP contribution in [0.2, 0.25) is 0 Å². The van der Waals surface area contributed by atoms with Gasteiger partial charge in [0.05, 0.1) is 26.3 Å². The number of nitrogens with zero attached hydrogens (tertiary/aromatic N) is 2. The maximum Gasteiger partial charge on any atom is 0.480 e. The molecule has 0 atom stereocenters. The van der Waals surface area contributed by atoms with E-state index in [-0.39, 0.29) is 0 Å². The first kappa shape index (κ1) is 27.3. The summed E-state index contributed by atoms with van der Waals surface area (Å²) in [7, 11) is -9.88. The van der Waals surface area contributed by atoms with Crippen molar-refractivity contribution in [3.63, 3.8) is 0 Å². The summed E-state index contributed by atoms with van der Waals surface area (Å²) in [4.78, 5) is 0. The first-order chi connectivity index (χ1) is 12.5. The third-order valence-corrected chi connectivity index (χ3v) is 6.58. The Morgan fingerprint density at radius 3 is 1.36 bits per heavy atom. The lowest BCUT2D eigenvalue weighted by Gasteiger charge is -2.33. The molecule has 1 aliphatic rings. The van der Waals surface area contributed by atoms with Crippen LogP contribution in [0.25, 0.3) is 4.13 Å². The Labute approximate surface area is 159 Å². The molecule has 1 heterocycles. The van der Waals surface area contributed by atoms with E-state index in [1.165, 1.54) is 30.4 Å². The third kappa shape index (κ3) is 8.36. The van der Waals surface area contributed by atoms with E-state index in [2.05, 4.69) is 0 Å². The van der Waals surface area contributed by atoms with E-state index < -0.39 is 31.1 Å². The van der Waals surface area contributed by atoms with Gasteiger partial charge in [-0.2, -0.15) is 26.3 Å². The number of methoxy groups -OCH3 is 2. The van der Waals surface area contributed by atoms with Gasteiger partial charge >= 0.3 is 11.0 Å². The predicted molar refractivity (Wildman–Crippen MR) is 86.0 cm³/mol. The zero-order chi connectivity index (χ0) is 22.3. The van der Waals surface area contributed by atoms with Gasteiger partial charge in [-0.1, -0.05) is 0 Å². The highest BCUT2D eigenvalue weighted by molar-refractivity contribution is 8.13. The molecule has 0 unspecified atom stereocenters. The number of likely N-dealkylation sites (tertiary alicyclic amines) is 1. The van der Waals surface area contributed by atoms with Crippen LogP contribution in [0.4, 0.5) is 26.3 Å². The highest BCUT2D eigenvalue weighted by atomic mass is 32.3. The summed E-state index contributed by atoms with van der Waals surface area (Å²) in [5, 5.41) is 0. The molecule has 170 valence electrons. The molecule has 1 rings (SSSR count). The minimum atomic E-state index is -6.72. The second kappa shape index (κ2) is 10.4. The molecule has 0 aromatic heterocycles. The molecule has 1 saturated heterocycles. The van der Waals surface area contributed by atoms with Gasteiger partial charge in [0.2, 0.25) is 0 Å². The normalized spacial score (nSPS) is 17.9. The monoisotopic (exact) mass is 468 g/mol. The molecule has 28 heavy (non-hydrogen) atoms. The molecule has 0 aliphatic carbocycles. The number of ether oxygens (including phenoxy) is 2. The fourth-order valence-electron chi connectivity index (χ4n) is 2.35. The van der Waals surface area contributed by atoms with Crippen molar-refractivity contribution in [3.05, 3.63) is 4.13 Å². The highest BCUT2D eigenvalue weighted by Gasteiger charge is 2.46. The summed E-state index contributed by atoms with van der Waals surface area (Å²) in [5.41, 5.74) is -12.4. The van der Waals surface area contributed by atoms with Gasteiger partial charge in [0.1, 0.15) is 13.1 Å². The lowest BCUT2D eigenvalue weighted by Crippen LogP contribution is -2.49. The van der Waals surface area contributed by atoms with Crippen molar-refractivity contribution in [2.45, 2.75) is 23.9 Å². The van der Waals surface area contributed by atoms with Crippen LogP contribution in [0.15, 0.2) is 0 Å². The number of hydrogen-bond acceptors (Lipinski definition) is 6. The Morgan fingerprint density at radius 2 is 1.11 bits per heavy atom. The van der Waals surface area contributed by atoms with Crippen LogP contribution >= 0.6 is 0 Å². The van der Waals surface area contributed by atoms with Gasteiger partial charge in [-0.3, -0.25) is 0 Å². The number of hydrogen-bond donors (Lipinski definition) is 0. The molecule has 1 fully saturated rings. The van der Waals surface area contributed by atoms with Crippen molar-refractivity contribution in [1.29, 1.82) is 0 Å². The smallest absolute Gasteiger partial charge is 0.421 e. The van der Waals surface area contributed by atoms with E-state index in [4.69, 9.17) is 9.47 Å². The maximum atomic E-state index is 11.4. The van der Waals surface area contributed by atoms with E-state index in [1.54, 1.807) is 14.2 Å². The zero-order valence-corrected chi connectivity index (χ0v) is 16.7. The van der Waals surface area contributed by atoms with Gasteiger partial charge in [0, 0.05) is 27.1 Å². The minimum Gasteiger partial charge on any atom is -0.421 e. The SMILES string of the molecule is COCC[N+]1(CCOC)CCCC1.O=S(=O)([N-]S(=O)(=O)C(F)(F)F)C(F)(F)F. The molecule has 0 aromatic carbocycles. The van der Waals surface area contributed by atoms with Crippen LogP contribution in [0.5, 0.6) is 0 Å². The molecule has 0 radical (unpaired) electrons. The van der Waals surface area contributed by atoms with Crippen LogP contribution in [-0.2, 0) is 29.5 Å². The molecule has 0 saturated carbocycles. The fourth-order valence-corrected chi connectivity index (χ4v) is 4.06. The molecule has 16 heteroatoms. The summed E-state index contributed by atoms with van der Waals surface area (Å²) in [6.07, 6.45) is 2.74. The zero-order valence-electron chi connectivity index (χ0n) is 15.1. The number of sulfonamides is 2. The van der Waals surface area contributed by atoms with Crippen LogP contribution in [0, 0.1) is 0 Å². The molecular weight excluding hydrogens is 446 g/mol. The van der Waals surface area contributed by atoms with Gasteiger partial charge < -0.3 is 18.1 Å². The standard InChI is InChI=1S/C10H22NO2.C2F6NO4S2/c1-12-9-7-11(8-10-13-2)5-3-4-6-11;3-1(4,5)14(10,11)9-15(12,13)2(6,7)8/h3-10H2,1-2H3;/q+1;-1. The molecule has 1 aliphatic heterocycles. The lowest BCUT2D eigenvalue weighted by atomic mass is 10.4. The van der Waals surface area contributed by atoms with E-state index in [9.17, 15) is 43.2 Å². The molecule has 8 nitrogen and oxygen atoms in total. The van der Waals surface area contributed by atoms with Crippen LogP contribution < -0.4 is 0 Å². The predicted octanol–water partition coefficient (Wildman–Crippen LogP) is 1.95. The fraction of sp³-hybridized carbons (Fsp3) is 1.00. The minimum absolute atomic E-state index is 0.778. The molecule has 0 spiro atoms. The molecule has 0 bridgehead atoms. The lowest BCUT2D eigenvalue weighted by molar-refractivity contribution is -0.917. The Bertz CT molecular complexity index is 620. The van der Waals surface area contributed by atoms with Gasteiger partial charge in [0.25, 0.3) is 0 Å². The summed E-state index contributed by atoms with van der Waals surface area (Å²) in [6.45, 7) is 6.69. The summed E-state index contributed by atoms with van der Waals surface area (Å²) >= 11 is 0. The van der Waals surface area contributed by atoms with E-state index in [1.807, 2.05) is 0 Å². The molecule has 0 aromatic rings. The van der Waals surface area contributed by atoms with Crippen molar-refractivity contribution < 1.29 is 57.1 Å². The average Bonchev–Trinajstić information content (AvgIpc) is 2.98. The van der Waals surface area contributed by atoms with Crippen molar-refractivity contribution in [2.75, 3.05) is 53.6 Å². The molecule has 0 amide bonds. The van der Waals surface area contributed by atoms with Crippen molar-refractivity contribution in [1.82, 2.24) is 0 Å². The first-order valence-corrected chi connectivity index (χ1v) is 10.6. The summed E-state index contributed by atoms with van der Waals surface area (Å²) < 4.78 is 121. The van der Waals surface area contributed by atoms with Crippen molar-refractivity contribution in [3.8, 4) is 0 Å². The quantitative estimate of drug-likeness (QED) is 0.399. The van der Waals surface area contributed by atoms with Crippen LogP contribution in [0.1, 0.15) is 12.8 Å². The first-order valence-electron chi connectivity index (χ1n) is 7.73. The molecular formula is C12H22F6N2O6S2. The van der Waals surface area contributed by atoms with Crippen LogP contribution in [-0.4, -0.2) is 85.9 Å². The molecule has 0 N–H and O–H groups in total. The van der Waals surface area contributed by atoms with Gasteiger partial charge in [0.15, 0.2) is 20.0 Å². The van der Waals surface area contributed by atoms with E-state index in [0.717, 1.165) is 30.4 Å². The van der Waals surface area contributed by atoms with Crippen molar-refractivity contribution in [2.24, 2.45) is 0 Å². The van der Waals surface area contributed by atoms with Crippen molar-refractivity contribution >= 4 is 20.0 Å². The topological polar surface area (TPSA) is 101 Å². The number of alkyl halides is 6. The number of rotatable bonds is 8. The summed E-state index contributed by atoms with van der Waals surface area (Å²) in [5.74, 6) is 0. The Kier molecular flexibility index (Phi) is 10.1. The van der Waals surface area contributed by atoms with E-state index in [0.29, 0.717) is 0 Å². The van der Waals surface area contributed by atoms with Crippen LogP contribution in [0.3, 0.4) is 0 Å². The average molecular weight is 468 g/mol. The third-order valence-electron chi connectivity index (χ3n) is 3.84. The number of halogens is 6. The summed E-state index contributed by atoms with van der Waals surface area (Å²) in [6, 6.07) is 0. The van der Waals surface area contributed by atoms with Gasteiger partial charge in [-0.15, -0.1) is 0 Å². The second-order valence-electron chi connectivity index (χ2n) is 5.84. The highest BCUT2D eigenvalue weighted by Crippen LogP contribution is 2.36. The Hall–Kier alpha value is -0.680. The van der Waals surface area contributed by atoms with Gasteiger partial charge in [-0.05, 0) is 0 Å². The Morgan fingerprint density at radius 1 is 0.786 bits per heavy atom. The maximum absolute atomic E-state index is 11.4. The Balaban J connectivity index is 0.000000525. The number of quaternary nitrogens is 1. The van der Waals surface area contributed by atoms with E-state index >= 15 is 0 Å². The second-order valence-corrected chi connectivity index (χ2v) is 9.27.